The number of hydrogen-bond acceptors (Lipinski definition) is 7. The Morgan fingerprint density at radius 2 is 2.07 bits per heavy atom. The molecule has 1 atom stereocenters. The molecule has 2 aromatic heterocycles. The Bertz CT molecular complexity index is 859. The number of fused-ring (bicyclic) bond motifs is 1. The van der Waals surface area contributed by atoms with E-state index in [9.17, 15) is 9.59 Å². The zero-order valence-electron chi connectivity index (χ0n) is 16.2. The molecule has 4 rings (SSSR count). The van der Waals surface area contributed by atoms with Gasteiger partial charge in [-0.3, -0.25) is 9.89 Å². The Morgan fingerprint density at radius 1 is 1.25 bits per heavy atom. The maximum atomic E-state index is 12.8. The molecule has 0 spiro atoms. The number of aromatic amines is 1. The fourth-order valence-corrected chi connectivity index (χ4v) is 4.23. The summed E-state index contributed by atoms with van der Waals surface area (Å²) in [5.41, 5.74) is 1.05. The lowest BCUT2D eigenvalue weighted by Crippen LogP contribution is -2.37. The van der Waals surface area contributed by atoms with Crippen molar-refractivity contribution >= 4 is 28.6 Å². The summed E-state index contributed by atoms with van der Waals surface area (Å²) in [6.45, 7) is 4.90. The molecule has 0 unspecified atom stereocenters. The summed E-state index contributed by atoms with van der Waals surface area (Å²) in [5.74, 6) is 1.01. The number of pyridine rings is 1. The van der Waals surface area contributed by atoms with Crippen LogP contribution in [-0.2, 0) is 9.53 Å². The Labute approximate surface area is 164 Å². The highest BCUT2D eigenvalue weighted by molar-refractivity contribution is 6.05. The van der Waals surface area contributed by atoms with Crippen LogP contribution >= 0.6 is 0 Å². The summed E-state index contributed by atoms with van der Waals surface area (Å²) in [7, 11) is 0. The molecule has 2 aliphatic heterocycles. The van der Waals surface area contributed by atoms with Gasteiger partial charge in [0.2, 0.25) is 0 Å². The second-order valence-electron chi connectivity index (χ2n) is 7.56. The van der Waals surface area contributed by atoms with Crippen LogP contribution in [0.5, 0.6) is 0 Å². The van der Waals surface area contributed by atoms with Gasteiger partial charge in [-0.2, -0.15) is 5.10 Å². The number of rotatable bonds is 6. The van der Waals surface area contributed by atoms with E-state index in [1.54, 1.807) is 0 Å². The molecular formula is C20H27N5O3. The van der Waals surface area contributed by atoms with Crippen LogP contribution in [0.3, 0.4) is 0 Å². The summed E-state index contributed by atoms with van der Waals surface area (Å²) < 4.78 is 5.19. The van der Waals surface area contributed by atoms with E-state index >= 15 is 0 Å². The lowest BCUT2D eigenvalue weighted by atomic mass is 9.91. The number of carbonyl (C=O) groups excluding carboxylic acids is 2. The van der Waals surface area contributed by atoms with Gasteiger partial charge in [-0.05, 0) is 63.7 Å². The van der Waals surface area contributed by atoms with E-state index in [2.05, 4.69) is 20.5 Å². The van der Waals surface area contributed by atoms with Crippen molar-refractivity contribution < 1.29 is 14.3 Å². The first-order valence-corrected chi connectivity index (χ1v) is 10.2. The van der Waals surface area contributed by atoms with E-state index in [1.165, 1.54) is 0 Å². The number of H-pyrrole nitrogens is 1. The minimum Gasteiger partial charge on any atom is -0.464 e. The number of nitrogens with zero attached hydrogens (tertiary/aromatic N) is 3. The van der Waals surface area contributed by atoms with Crippen molar-refractivity contribution in [3.05, 3.63) is 17.8 Å². The molecular weight excluding hydrogens is 358 g/mol. The minimum atomic E-state index is -0.301. The normalized spacial score (nSPS) is 20.6. The van der Waals surface area contributed by atoms with Gasteiger partial charge in [-0.15, -0.1) is 0 Å². The number of esters is 1. The van der Waals surface area contributed by atoms with Gasteiger partial charge in [0.15, 0.2) is 11.4 Å². The quantitative estimate of drug-likeness (QED) is 0.580. The van der Waals surface area contributed by atoms with Crippen molar-refractivity contribution in [2.24, 2.45) is 5.92 Å². The molecule has 0 aliphatic carbocycles. The molecule has 8 nitrogen and oxygen atoms in total. The van der Waals surface area contributed by atoms with Crippen LogP contribution in [0.1, 0.15) is 49.5 Å². The Morgan fingerprint density at radius 3 is 2.86 bits per heavy atom. The zero-order chi connectivity index (χ0) is 19.5. The molecule has 0 radical (unpaired) electrons. The highest BCUT2D eigenvalue weighted by atomic mass is 16.5. The number of anilines is 1. The van der Waals surface area contributed by atoms with Crippen LogP contribution in [-0.4, -0.2) is 59.2 Å². The molecule has 28 heavy (non-hydrogen) atoms. The predicted octanol–water partition coefficient (Wildman–Crippen LogP) is 2.06. The molecule has 0 amide bonds. The van der Waals surface area contributed by atoms with Gasteiger partial charge in [-0.1, -0.05) is 0 Å². The average molecular weight is 385 g/mol. The van der Waals surface area contributed by atoms with E-state index in [0.29, 0.717) is 36.1 Å². The summed E-state index contributed by atoms with van der Waals surface area (Å²) in [6.07, 6.45) is 4.29. The van der Waals surface area contributed by atoms with Gasteiger partial charge in [0, 0.05) is 18.4 Å². The van der Waals surface area contributed by atoms with Crippen LogP contribution in [0.15, 0.2) is 12.1 Å². The van der Waals surface area contributed by atoms with E-state index in [0.717, 1.165) is 50.7 Å². The van der Waals surface area contributed by atoms with Crippen LogP contribution in [0.4, 0.5) is 5.82 Å². The largest absolute Gasteiger partial charge is 0.464 e. The van der Waals surface area contributed by atoms with Crippen molar-refractivity contribution in [1.29, 1.82) is 0 Å². The molecule has 8 heteroatoms. The molecule has 0 aromatic carbocycles. The number of nitrogens with one attached hydrogen (secondary N) is 2. The number of ketones is 1. The van der Waals surface area contributed by atoms with Gasteiger partial charge in [0.05, 0.1) is 6.61 Å². The fraction of sp³-hybridized carbons (Fsp3) is 0.600. The average Bonchev–Trinajstić information content (AvgIpc) is 3.35. The van der Waals surface area contributed by atoms with Gasteiger partial charge in [-0.25, -0.2) is 9.78 Å². The van der Waals surface area contributed by atoms with Crippen LogP contribution < -0.4 is 10.2 Å². The molecule has 4 heterocycles. The van der Waals surface area contributed by atoms with Crippen LogP contribution in [0.2, 0.25) is 0 Å². The number of Topliss-reactive ketones (excluding diaryl/α,β-unsaturated/α-hetero) is 1. The number of ether oxygens (including phenoxy) is 1. The van der Waals surface area contributed by atoms with E-state index in [4.69, 9.17) is 4.74 Å². The summed E-state index contributed by atoms with van der Waals surface area (Å²) in [6, 6.07) is 3.46. The second kappa shape index (κ2) is 8.26. The molecule has 2 aliphatic rings. The first-order chi connectivity index (χ1) is 13.7. The Hall–Kier alpha value is -2.48. The summed E-state index contributed by atoms with van der Waals surface area (Å²) >= 11 is 0. The smallest absolute Gasteiger partial charge is 0.328 e. The topological polar surface area (TPSA) is 100 Å². The fourth-order valence-electron chi connectivity index (χ4n) is 4.23. The summed E-state index contributed by atoms with van der Waals surface area (Å²) in [4.78, 5) is 31.6. The first-order valence-electron chi connectivity index (χ1n) is 10.2. The monoisotopic (exact) mass is 385 g/mol. The molecule has 2 saturated heterocycles. The number of carbonyl (C=O) groups is 2. The van der Waals surface area contributed by atoms with Gasteiger partial charge in [0.25, 0.3) is 0 Å². The molecule has 2 N–H and O–H groups in total. The Balaban J connectivity index is 1.52. The molecule has 2 fully saturated rings. The standard InChI is InChI=1S/C20H27N5O3/c1-2-28-20(27)15-4-3-11-25(15)17-6-5-14-18(23-24-19(14)22-17)16(26)12-13-7-9-21-10-8-13/h5-6,13,15,21H,2-4,7-12H2,1H3,(H,22,23,24)/t15-/m1/s1. The van der Waals surface area contributed by atoms with Crippen molar-refractivity contribution in [2.45, 2.75) is 45.1 Å². The molecule has 2 aromatic rings. The third-order valence-corrected chi connectivity index (χ3v) is 5.72. The number of hydrogen-bond donors (Lipinski definition) is 2. The SMILES string of the molecule is CCOC(=O)[C@H]1CCCN1c1ccc2c(C(=O)CC3CCNCC3)[nH]nc2n1. The number of piperidine rings is 1. The van der Waals surface area contributed by atoms with Crippen LogP contribution in [0, 0.1) is 5.92 Å². The minimum absolute atomic E-state index is 0.0922. The number of aromatic nitrogens is 3. The maximum Gasteiger partial charge on any atom is 0.328 e. The van der Waals surface area contributed by atoms with E-state index < -0.39 is 0 Å². The summed E-state index contributed by atoms with van der Waals surface area (Å²) in [5, 5.41) is 11.2. The second-order valence-corrected chi connectivity index (χ2v) is 7.56. The highest BCUT2D eigenvalue weighted by Crippen LogP contribution is 2.28. The van der Waals surface area contributed by atoms with Crippen LogP contribution in [0.25, 0.3) is 11.0 Å². The Kier molecular flexibility index (Phi) is 5.57. The van der Waals surface area contributed by atoms with Gasteiger partial charge in [0.1, 0.15) is 17.6 Å². The lowest BCUT2D eigenvalue weighted by Gasteiger charge is -2.23. The highest BCUT2D eigenvalue weighted by Gasteiger charge is 2.33. The lowest BCUT2D eigenvalue weighted by molar-refractivity contribution is -0.144. The van der Waals surface area contributed by atoms with E-state index in [-0.39, 0.29) is 17.8 Å². The predicted molar refractivity (Wildman–Crippen MR) is 105 cm³/mol. The van der Waals surface area contributed by atoms with Gasteiger partial charge >= 0.3 is 5.97 Å². The van der Waals surface area contributed by atoms with Crippen molar-refractivity contribution in [3.63, 3.8) is 0 Å². The zero-order valence-corrected chi connectivity index (χ0v) is 16.2. The van der Waals surface area contributed by atoms with Gasteiger partial charge < -0.3 is 15.0 Å². The van der Waals surface area contributed by atoms with Crippen molar-refractivity contribution in [3.8, 4) is 0 Å². The first kappa shape index (κ1) is 18.9. The third kappa shape index (κ3) is 3.73. The third-order valence-electron chi connectivity index (χ3n) is 5.72. The molecule has 150 valence electrons. The van der Waals surface area contributed by atoms with Crippen molar-refractivity contribution in [2.75, 3.05) is 31.1 Å². The molecule has 0 bridgehead atoms. The van der Waals surface area contributed by atoms with E-state index in [1.807, 2.05) is 24.0 Å². The maximum absolute atomic E-state index is 12.8. The molecule has 0 saturated carbocycles. The van der Waals surface area contributed by atoms with Crippen molar-refractivity contribution in [1.82, 2.24) is 20.5 Å².